The highest BCUT2D eigenvalue weighted by atomic mass is 79.9. The molecule has 1 aromatic heterocycles. The average Bonchev–Trinajstić information content (AvgIpc) is 2.31. The summed E-state index contributed by atoms with van der Waals surface area (Å²) in [5.41, 5.74) is 0. The number of hydrogen-bond donors (Lipinski definition) is 1. The molecule has 2 heterocycles. The molecular weight excluding hydrogens is 272 g/mol. The summed E-state index contributed by atoms with van der Waals surface area (Å²) in [4.78, 5) is 4.15. The quantitative estimate of drug-likeness (QED) is 0.923. The van der Waals surface area contributed by atoms with Crippen LogP contribution in [0.1, 0.15) is 12.8 Å². The van der Waals surface area contributed by atoms with E-state index in [1.807, 2.05) is 6.07 Å². The fourth-order valence-corrected chi connectivity index (χ4v) is 2.05. The van der Waals surface area contributed by atoms with Gasteiger partial charge in [0.2, 0.25) is 0 Å². The first-order valence-corrected chi connectivity index (χ1v) is 6.16. The van der Waals surface area contributed by atoms with Crippen LogP contribution in [0.15, 0.2) is 16.7 Å². The number of piperidine rings is 1. The number of aromatic nitrogens is 1. The molecular formula is C11H15BrN2O2. The lowest BCUT2D eigenvalue weighted by Gasteiger charge is -2.24. The molecule has 5 heteroatoms. The number of hydrogen-bond acceptors (Lipinski definition) is 4. The molecule has 16 heavy (non-hydrogen) atoms. The van der Waals surface area contributed by atoms with E-state index in [1.165, 1.54) is 0 Å². The lowest BCUT2D eigenvalue weighted by Crippen LogP contribution is -2.34. The third-order valence-electron chi connectivity index (χ3n) is 2.56. The summed E-state index contributed by atoms with van der Waals surface area (Å²) in [7, 11) is 1.60. The number of nitrogens with one attached hydrogen (secondary N) is 1. The Morgan fingerprint density at radius 1 is 1.44 bits per heavy atom. The van der Waals surface area contributed by atoms with Crippen LogP contribution in [-0.4, -0.2) is 31.3 Å². The van der Waals surface area contributed by atoms with Gasteiger partial charge in [-0.15, -0.1) is 0 Å². The van der Waals surface area contributed by atoms with Gasteiger partial charge in [0.1, 0.15) is 6.10 Å². The molecule has 0 aliphatic carbocycles. The standard InChI is InChI=1S/C11H15BrN2O2/c1-15-11-10(6-8(12)7-14-11)16-9-2-4-13-5-3-9/h6-7,9,13H,2-5H2,1H3. The van der Waals surface area contributed by atoms with Crippen molar-refractivity contribution in [2.75, 3.05) is 20.2 Å². The van der Waals surface area contributed by atoms with E-state index < -0.39 is 0 Å². The Balaban J connectivity index is 2.09. The molecule has 0 radical (unpaired) electrons. The van der Waals surface area contributed by atoms with Gasteiger partial charge in [-0.1, -0.05) is 0 Å². The summed E-state index contributed by atoms with van der Waals surface area (Å²) in [6.07, 6.45) is 4.01. The second-order valence-electron chi connectivity index (χ2n) is 3.73. The zero-order valence-electron chi connectivity index (χ0n) is 9.20. The Morgan fingerprint density at radius 2 is 2.19 bits per heavy atom. The predicted octanol–water partition coefficient (Wildman–Crippen LogP) is 1.98. The third kappa shape index (κ3) is 2.86. The lowest BCUT2D eigenvalue weighted by molar-refractivity contribution is 0.155. The SMILES string of the molecule is COc1ncc(Br)cc1OC1CCNCC1. The number of nitrogens with zero attached hydrogens (tertiary/aromatic N) is 1. The van der Waals surface area contributed by atoms with Gasteiger partial charge in [0.15, 0.2) is 5.75 Å². The normalized spacial score (nSPS) is 17.1. The molecule has 0 bridgehead atoms. The monoisotopic (exact) mass is 286 g/mol. The van der Waals surface area contributed by atoms with Crippen LogP contribution in [0.5, 0.6) is 11.6 Å². The third-order valence-corrected chi connectivity index (χ3v) is 2.99. The Bertz CT molecular complexity index is 354. The highest BCUT2D eigenvalue weighted by Crippen LogP contribution is 2.29. The zero-order valence-corrected chi connectivity index (χ0v) is 10.8. The van der Waals surface area contributed by atoms with Crippen LogP contribution in [0.3, 0.4) is 0 Å². The van der Waals surface area contributed by atoms with Crippen molar-refractivity contribution in [2.45, 2.75) is 18.9 Å². The van der Waals surface area contributed by atoms with Gasteiger partial charge in [-0.2, -0.15) is 0 Å². The van der Waals surface area contributed by atoms with Crippen LogP contribution in [0, 0.1) is 0 Å². The Kier molecular flexibility index (Phi) is 4.01. The van der Waals surface area contributed by atoms with Gasteiger partial charge in [0.25, 0.3) is 5.88 Å². The van der Waals surface area contributed by atoms with E-state index in [0.29, 0.717) is 11.6 Å². The first kappa shape index (κ1) is 11.7. The maximum Gasteiger partial charge on any atom is 0.256 e. The molecule has 1 aliphatic heterocycles. The van der Waals surface area contributed by atoms with Gasteiger partial charge in [-0.3, -0.25) is 0 Å². The Morgan fingerprint density at radius 3 is 2.88 bits per heavy atom. The minimum atomic E-state index is 0.256. The molecule has 2 rings (SSSR count). The van der Waals surface area contributed by atoms with Crippen molar-refractivity contribution in [3.05, 3.63) is 16.7 Å². The molecule has 0 spiro atoms. The van der Waals surface area contributed by atoms with E-state index >= 15 is 0 Å². The minimum absolute atomic E-state index is 0.256. The zero-order chi connectivity index (χ0) is 11.4. The number of ether oxygens (including phenoxy) is 2. The van der Waals surface area contributed by atoms with Crippen molar-refractivity contribution in [1.29, 1.82) is 0 Å². The van der Waals surface area contributed by atoms with Crippen LogP contribution in [0.4, 0.5) is 0 Å². The maximum atomic E-state index is 5.90. The van der Waals surface area contributed by atoms with Crippen LogP contribution < -0.4 is 14.8 Å². The smallest absolute Gasteiger partial charge is 0.256 e. The van der Waals surface area contributed by atoms with Gasteiger partial charge in [0, 0.05) is 16.7 Å². The first-order chi connectivity index (χ1) is 7.79. The maximum absolute atomic E-state index is 5.90. The Hall–Kier alpha value is -0.810. The van der Waals surface area contributed by atoms with E-state index in [9.17, 15) is 0 Å². The molecule has 1 aliphatic rings. The highest BCUT2D eigenvalue weighted by molar-refractivity contribution is 9.10. The summed E-state index contributed by atoms with van der Waals surface area (Å²) in [6, 6.07) is 1.90. The molecule has 4 nitrogen and oxygen atoms in total. The second kappa shape index (κ2) is 5.50. The number of rotatable bonds is 3. The molecule has 1 N–H and O–H groups in total. The van der Waals surface area contributed by atoms with Gasteiger partial charge in [-0.25, -0.2) is 4.98 Å². The second-order valence-corrected chi connectivity index (χ2v) is 4.64. The molecule has 0 aromatic carbocycles. The molecule has 1 aromatic rings. The van der Waals surface area contributed by atoms with Gasteiger partial charge >= 0.3 is 0 Å². The highest BCUT2D eigenvalue weighted by Gasteiger charge is 2.17. The van der Waals surface area contributed by atoms with Crippen LogP contribution in [-0.2, 0) is 0 Å². The molecule has 0 atom stereocenters. The summed E-state index contributed by atoms with van der Waals surface area (Å²) in [5, 5.41) is 3.30. The molecule has 1 saturated heterocycles. The van der Waals surface area contributed by atoms with Gasteiger partial charge in [-0.05, 0) is 41.9 Å². The van der Waals surface area contributed by atoms with E-state index in [-0.39, 0.29) is 6.10 Å². The summed E-state index contributed by atoms with van der Waals surface area (Å²) in [5.74, 6) is 1.26. The van der Waals surface area contributed by atoms with Crippen LogP contribution >= 0.6 is 15.9 Å². The largest absolute Gasteiger partial charge is 0.485 e. The van der Waals surface area contributed by atoms with Crippen LogP contribution in [0.2, 0.25) is 0 Å². The lowest BCUT2D eigenvalue weighted by atomic mass is 10.1. The summed E-state index contributed by atoms with van der Waals surface area (Å²) >= 11 is 3.38. The molecule has 0 unspecified atom stereocenters. The summed E-state index contributed by atoms with van der Waals surface area (Å²) in [6.45, 7) is 2.02. The van der Waals surface area contributed by atoms with E-state index in [1.54, 1.807) is 13.3 Å². The molecule has 1 fully saturated rings. The number of pyridine rings is 1. The van der Waals surface area contributed by atoms with Crippen molar-refractivity contribution in [1.82, 2.24) is 10.3 Å². The first-order valence-electron chi connectivity index (χ1n) is 5.36. The van der Waals surface area contributed by atoms with Crippen molar-refractivity contribution >= 4 is 15.9 Å². The van der Waals surface area contributed by atoms with Crippen molar-refractivity contribution in [3.63, 3.8) is 0 Å². The van der Waals surface area contributed by atoms with E-state index in [0.717, 1.165) is 30.4 Å². The predicted molar refractivity (Wildman–Crippen MR) is 65.0 cm³/mol. The van der Waals surface area contributed by atoms with Crippen molar-refractivity contribution < 1.29 is 9.47 Å². The topological polar surface area (TPSA) is 43.4 Å². The van der Waals surface area contributed by atoms with Gasteiger partial charge in [0.05, 0.1) is 7.11 Å². The Labute approximate surface area is 103 Å². The fourth-order valence-electron chi connectivity index (χ4n) is 1.74. The van der Waals surface area contributed by atoms with Crippen molar-refractivity contribution in [2.24, 2.45) is 0 Å². The molecule has 0 saturated carbocycles. The number of methoxy groups -OCH3 is 1. The van der Waals surface area contributed by atoms with Crippen molar-refractivity contribution in [3.8, 4) is 11.6 Å². The number of halogens is 1. The fraction of sp³-hybridized carbons (Fsp3) is 0.545. The van der Waals surface area contributed by atoms with Crippen LogP contribution in [0.25, 0.3) is 0 Å². The summed E-state index contributed by atoms with van der Waals surface area (Å²) < 4.78 is 12.0. The molecule has 0 amide bonds. The average molecular weight is 287 g/mol. The minimum Gasteiger partial charge on any atom is -0.485 e. The van der Waals surface area contributed by atoms with Gasteiger partial charge < -0.3 is 14.8 Å². The van der Waals surface area contributed by atoms with E-state index in [4.69, 9.17) is 9.47 Å². The molecule has 88 valence electrons. The van der Waals surface area contributed by atoms with E-state index in [2.05, 4.69) is 26.2 Å².